The summed E-state index contributed by atoms with van der Waals surface area (Å²) in [6, 6.07) is 0. The summed E-state index contributed by atoms with van der Waals surface area (Å²) in [4.78, 5) is 218. The maximum Gasteiger partial charge on any atom is 0.472 e. The molecule has 17 rings (SSSR count). The number of fused-ring (bicyclic) bond motifs is 7. The van der Waals surface area contributed by atoms with Gasteiger partial charge < -0.3 is 136 Å². The van der Waals surface area contributed by atoms with Gasteiger partial charge in [0, 0.05) is 69.5 Å². The van der Waals surface area contributed by atoms with Gasteiger partial charge in [-0.05, 0) is 81.8 Å². The minimum Gasteiger partial charge on any atom is -0.394 e. The van der Waals surface area contributed by atoms with Crippen LogP contribution in [-0.4, -0.2) is 318 Å². The van der Waals surface area contributed by atoms with E-state index in [0.29, 0.717) is 0 Å². The summed E-state index contributed by atoms with van der Waals surface area (Å²) in [7, 11) is -8.12. The lowest BCUT2D eigenvalue weighted by Crippen LogP contribution is -2.50. The number of anilines is 3. The minimum atomic E-state index is -5.99. The Kier molecular flexibility index (Phi) is 31.2. The first-order valence-corrected chi connectivity index (χ1v) is 56.2. The van der Waals surface area contributed by atoms with Crippen LogP contribution in [0.25, 0.3) is 33.5 Å². The SMILES string of the molecule is COCCOC1[C@@H](OP(=O)(O)OC[C@]23O[C@@H](n4cnc5c(=O)[nH]c(N)nc54)C(O[C@H]2C)[C@H]3OP(O)(=S)OC[C@H]2O[C@@H](n3cc(C)c(=O)[nH]c3=O)C[C@H]2OP(O)(=S)OC[C@H]2O[C@@H](n3cc(C)c(=O)[nH]c3=O)C[C@H]2OP(O)(=S)OC)[C@@H](COP(=O)(O)O[C@@H]2C3O[C@@H](C)[C@]2(COP(O)(=S)O[C@@H]2C(OCCOC)[C@H](n4cnc5c(N)ncnc54)O[C@@H]2CO)O[C@H]3n2cnc3c(=O)[nH]c(N)nc32)O[C@H]1n1cc(C)c(=O)[nH]c1=O. The van der Waals surface area contributed by atoms with Crippen molar-refractivity contribution in [3.8, 4) is 0 Å². The molecule has 0 radical (unpaired) electrons. The predicted molar refractivity (Wildman–Crippen MR) is 494 cm³/mol. The zero-order valence-electron chi connectivity index (χ0n) is 75.6. The van der Waals surface area contributed by atoms with Crippen LogP contribution in [0.3, 0.4) is 0 Å². The molecular formula is C71H95N21O41P6S4. The predicted octanol–water partition coefficient (Wildman–Crippen LogP) is -2.94. The third kappa shape index (κ3) is 21.9. The molecule has 8 aliphatic heterocycles. The number of hydrogen-bond acceptors (Lipinski definition) is 49. The molecule has 8 saturated heterocycles. The maximum atomic E-state index is 15.5. The van der Waals surface area contributed by atoms with Crippen molar-refractivity contribution in [2.75, 3.05) is 105 Å². The molecule has 30 atom stereocenters. The molecule has 4 bridgehead atoms. The third-order valence-electron chi connectivity index (χ3n) is 24.5. The zero-order valence-corrected chi connectivity index (χ0v) is 84.2. The Hall–Kier alpha value is -7.49. The molecule has 9 aromatic heterocycles. The second-order valence-corrected chi connectivity index (χ2v) is 47.7. The summed E-state index contributed by atoms with van der Waals surface area (Å²) in [5, 5.41) is 10.9. The van der Waals surface area contributed by atoms with Gasteiger partial charge in [-0.3, -0.25) is 103 Å². The highest BCUT2D eigenvalue weighted by Crippen LogP contribution is 2.63. The van der Waals surface area contributed by atoms with Crippen molar-refractivity contribution in [1.82, 2.24) is 87.2 Å². The van der Waals surface area contributed by atoms with Crippen molar-refractivity contribution in [2.24, 2.45) is 0 Å². The summed E-state index contributed by atoms with van der Waals surface area (Å²) in [5.41, 5.74) is 5.84. The van der Waals surface area contributed by atoms with E-state index in [1.165, 1.54) is 76.8 Å². The number of aromatic amines is 5. The molecule has 0 spiro atoms. The van der Waals surface area contributed by atoms with Crippen LogP contribution in [0.4, 0.5) is 17.7 Å². The number of aliphatic hydroxyl groups excluding tert-OH is 1. The largest absolute Gasteiger partial charge is 0.472 e. The van der Waals surface area contributed by atoms with E-state index in [-0.39, 0.29) is 82.2 Å². The van der Waals surface area contributed by atoms with Crippen molar-refractivity contribution >= 4 is 141 Å². The number of methoxy groups -OCH3 is 2. The highest BCUT2D eigenvalue weighted by Gasteiger charge is 2.71. The van der Waals surface area contributed by atoms with Crippen molar-refractivity contribution in [2.45, 2.75) is 194 Å². The van der Waals surface area contributed by atoms with Gasteiger partial charge >= 0.3 is 59.6 Å². The number of aromatic nitrogens is 18. The van der Waals surface area contributed by atoms with Crippen LogP contribution in [-0.2, 0) is 167 Å². The average molecular weight is 2210 g/mol. The Morgan fingerprint density at radius 1 is 0.441 bits per heavy atom. The normalized spacial score (nSPS) is 32.1. The average Bonchev–Trinajstić information content (AvgIpc) is 1.54. The van der Waals surface area contributed by atoms with Gasteiger partial charge in [0.2, 0.25) is 11.9 Å². The number of H-pyrrole nitrogens is 5. The fraction of sp³-hybridized carbons (Fsp3) is 0.620. The summed E-state index contributed by atoms with van der Waals surface area (Å²) in [6.07, 6.45) is -27.2. The van der Waals surface area contributed by atoms with Gasteiger partial charge in [-0.15, -0.1) is 0 Å². The van der Waals surface area contributed by atoms with Gasteiger partial charge in [-0.1, -0.05) is 0 Å². The lowest BCUT2D eigenvalue weighted by Gasteiger charge is -2.37. The fourth-order valence-electron chi connectivity index (χ4n) is 17.6. The zero-order chi connectivity index (χ0) is 103. The van der Waals surface area contributed by atoms with E-state index in [4.69, 9.17) is 176 Å². The lowest BCUT2D eigenvalue weighted by molar-refractivity contribution is -0.215. The molecule has 8 aliphatic rings. The summed E-state index contributed by atoms with van der Waals surface area (Å²) in [6.45, 7) is -18.4. The van der Waals surface area contributed by atoms with Crippen LogP contribution in [0.5, 0.6) is 0 Å². The van der Waals surface area contributed by atoms with Crippen LogP contribution < -0.4 is 62.1 Å². The van der Waals surface area contributed by atoms with Gasteiger partial charge in [0.25, 0.3) is 27.8 Å². The quantitative estimate of drug-likeness (QED) is 0.0134. The molecule has 18 N–H and O–H groups in total. The van der Waals surface area contributed by atoms with E-state index in [9.17, 15) is 72.8 Å². The molecule has 8 fully saturated rings. The number of nitrogens with one attached hydrogen (secondary N) is 5. The van der Waals surface area contributed by atoms with E-state index < -0.39 is 298 Å². The third-order valence-corrected chi connectivity index (χ3v) is 32.8. The number of hydrogen-bond donors (Lipinski definition) is 15. The molecule has 0 aliphatic carbocycles. The van der Waals surface area contributed by atoms with Crippen LogP contribution in [0, 0.1) is 20.8 Å². The second kappa shape index (κ2) is 41.8. The molecule has 0 aromatic carbocycles. The number of nitrogens with zero attached hydrogens (tertiary/aromatic N) is 13. The number of aryl methyl sites for hydroxylation is 3. The van der Waals surface area contributed by atoms with Crippen LogP contribution in [0.2, 0.25) is 0 Å². The molecule has 0 amide bonds. The molecule has 17 heterocycles. The molecule has 143 heavy (non-hydrogen) atoms. The number of phosphoric ester groups is 2. The van der Waals surface area contributed by atoms with Gasteiger partial charge in [0.05, 0.1) is 109 Å². The van der Waals surface area contributed by atoms with E-state index in [1.807, 2.05) is 0 Å². The number of nitrogens with two attached hydrogens (primary N) is 3. The number of nitrogen functional groups attached to an aromatic ring is 3. The Bertz CT molecular complexity index is 7160. The first-order chi connectivity index (χ1) is 67.6. The Balaban J connectivity index is 0.649. The standard InChI is InChI=1S/C71H95N21O41P6S4/c1-28-15-87(67(99)84-56(28)94)39-13-33(128-136(106,140)112-8)36(122-39)19-116-137(107,141)129-34-14-40(88-16-29(2)57(95)85-68(88)100)123-37(34)20-117-138(108,142)133-51-49-64(92-27-79-43-55(92)81-66(74)83-60(43)98)126-70(51,31(4)121-49)22-118-135(104,105)130-45-38(125-61(47(45)114-12-10-111-7)89-17-30(3)58(96)86-69(89)101)21-115-134(102,103)132-50-48-63(91-26-78-42-54(91)80-65(73)82-59(42)97)127-71(50,32(5)120-48)23-119-139(109,143)131-44-35(18-93)124-62(46(44)113-11-9-110-6)90-25-77-41-52(72)75-24-76-53(41)90/h15-17,24-27,31-40,44-51,61-64,93H,9-14,18-23H2,1-8H3,(H,102,103)(H,104,105)(H,106,140)(H,107,141)(H,108,142)(H,109,143)(H2,72,75,76)(H,84,94,99)(H,85,95,100)(H,86,96,101)(H3,73,80,82,97)(H3,74,81,83,98)/t31-,32-,33+,34+,35+,36+,37+,38+,39+,40+,44-,45-,46?,47?,48?,49?,50+,51+,61+,62+,63+,64+,70-,71-,136?,137?,138?,139?/m0/s1. The van der Waals surface area contributed by atoms with Gasteiger partial charge in [-0.2, -0.15) is 9.97 Å². The number of aliphatic hydroxyl groups is 1. The first-order valence-electron chi connectivity index (χ1n) is 42.9. The monoisotopic (exact) mass is 2210 g/mol. The van der Waals surface area contributed by atoms with Crippen molar-refractivity contribution in [3.05, 3.63) is 144 Å². The Morgan fingerprint density at radius 3 is 1.36 bits per heavy atom. The molecular weight excluding hydrogens is 2120 g/mol. The summed E-state index contributed by atoms with van der Waals surface area (Å²) in [5.74, 6) is -0.807. The van der Waals surface area contributed by atoms with Crippen molar-refractivity contribution in [1.29, 1.82) is 0 Å². The van der Waals surface area contributed by atoms with Gasteiger partial charge in [0.1, 0.15) is 109 Å². The molecule has 10 unspecified atom stereocenters. The van der Waals surface area contributed by atoms with Crippen molar-refractivity contribution < 1.29 is 155 Å². The van der Waals surface area contributed by atoms with Gasteiger partial charge in [0.15, 0.2) is 58.7 Å². The molecule has 62 nitrogen and oxygen atoms in total. The topological polar surface area (TPSA) is 811 Å². The summed E-state index contributed by atoms with van der Waals surface area (Å²) < 4.78 is 183. The summed E-state index contributed by atoms with van der Waals surface area (Å²) >= 11 is 22.1. The number of phosphoric acid groups is 2. The molecule has 72 heteroatoms. The van der Waals surface area contributed by atoms with Crippen LogP contribution >= 0.6 is 42.5 Å². The minimum absolute atomic E-state index is 0.00790. The van der Waals surface area contributed by atoms with E-state index in [2.05, 4.69) is 59.8 Å². The van der Waals surface area contributed by atoms with E-state index in [1.54, 1.807) is 0 Å². The smallest absolute Gasteiger partial charge is 0.394 e. The number of rotatable bonds is 43. The van der Waals surface area contributed by atoms with Crippen molar-refractivity contribution in [3.63, 3.8) is 0 Å². The number of imidazole rings is 3. The fourth-order valence-corrected chi connectivity index (χ4v) is 25.0. The number of ether oxygens (including phenoxy) is 12. The second-order valence-electron chi connectivity index (χ2n) is 33.6. The lowest BCUT2D eigenvalue weighted by atomic mass is 9.94. The Labute approximate surface area is 820 Å². The highest BCUT2D eigenvalue weighted by molar-refractivity contribution is 8.08. The molecule has 9 aromatic rings. The molecule has 784 valence electrons. The van der Waals surface area contributed by atoms with Gasteiger partial charge in [-0.25, -0.2) is 48.4 Å². The van der Waals surface area contributed by atoms with E-state index >= 15 is 9.13 Å². The first kappa shape index (κ1) is 107. The molecule has 0 saturated carbocycles. The van der Waals surface area contributed by atoms with Crippen LogP contribution in [0.1, 0.15) is 80.7 Å². The van der Waals surface area contributed by atoms with Crippen LogP contribution in [0.15, 0.2) is 82.3 Å². The maximum absolute atomic E-state index is 15.5. The highest BCUT2D eigenvalue weighted by atomic mass is 32.5. The Morgan fingerprint density at radius 2 is 0.860 bits per heavy atom. The van der Waals surface area contributed by atoms with E-state index in [0.717, 1.165) is 50.4 Å².